The summed E-state index contributed by atoms with van der Waals surface area (Å²) in [4.78, 5) is 13.7. The van der Waals surface area contributed by atoms with Gasteiger partial charge in [-0.3, -0.25) is 4.79 Å². The van der Waals surface area contributed by atoms with Gasteiger partial charge in [0.25, 0.3) is 0 Å². The van der Waals surface area contributed by atoms with E-state index in [4.69, 9.17) is 9.47 Å². The first-order valence-electron chi connectivity index (χ1n) is 9.72. The highest BCUT2D eigenvalue weighted by molar-refractivity contribution is 5.72. The Hall–Kier alpha value is -1.63. The third kappa shape index (κ3) is 7.87. The monoisotopic (exact) mass is 378 g/mol. The standard InChI is InChI=1S/C21H34N2O4/c1-21(2,3)22-13-16-5-7-19(8-6-16)27-15-18(24)14-23-11-9-17(10-12-23)20(25)26-4/h5-8,17-18,22,24H,9-15H2,1-4H3/t18-/m1/s1. The molecule has 0 amide bonds. The number of likely N-dealkylation sites (tertiary alicyclic amines) is 1. The molecule has 1 aromatic rings. The van der Waals surface area contributed by atoms with Crippen molar-refractivity contribution in [1.82, 2.24) is 10.2 Å². The molecule has 1 heterocycles. The van der Waals surface area contributed by atoms with Gasteiger partial charge in [-0.05, 0) is 64.4 Å². The van der Waals surface area contributed by atoms with Gasteiger partial charge in [0.1, 0.15) is 18.5 Å². The zero-order valence-electron chi connectivity index (χ0n) is 17.0. The summed E-state index contributed by atoms with van der Waals surface area (Å²) in [5.41, 5.74) is 1.29. The number of hydrogen-bond acceptors (Lipinski definition) is 6. The summed E-state index contributed by atoms with van der Waals surface area (Å²) in [6, 6.07) is 7.96. The van der Waals surface area contributed by atoms with E-state index in [9.17, 15) is 9.90 Å². The highest BCUT2D eigenvalue weighted by atomic mass is 16.5. The predicted octanol–water partition coefficient (Wildman–Crippen LogP) is 2.20. The molecule has 0 radical (unpaired) electrons. The number of nitrogens with one attached hydrogen (secondary N) is 1. The number of carbonyl (C=O) groups is 1. The predicted molar refractivity (Wildman–Crippen MR) is 106 cm³/mol. The van der Waals surface area contributed by atoms with Crippen molar-refractivity contribution in [3.8, 4) is 5.75 Å². The van der Waals surface area contributed by atoms with E-state index in [2.05, 4.69) is 31.0 Å². The lowest BCUT2D eigenvalue weighted by atomic mass is 9.97. The van der Waals surface area contributed by atoms with E-state index >= 15 is 0 Å². The third-order valence-corrected chi connectivity index (χ3v) is 4.78. The largest absolute Gasteiger partial charge is 0.491 e. The zero-order chi connectivity index (χ0) is 19.9. The van der Waals surface area contributed by atoms with Crippen molar-refractivity contribution in [3.63, 3.8) is 0 Å². The van der Waals surface area contributed by atoms with E-state index in [1.807, 2.05) is 24.3 Å². The van der Waals surface area contributed by atoms with Crippen LogP contribution < -0.4 is 10.1 Å². The number of ether oxygens (including phenoxy) is 2. The molecule has 1 fully saturated rings. The summed E-state index contributed by atoms with van der Waals surface area (Å²) in [6.07, 6.45) is 1.01. The van der Waals surface area contributed by atoms with Crippen LogP contribution in [0.1, 0.15) is 39.2 Å². The maximum atomic E-state index is 11.6. The van der Waals surface area contributed by atoms with Crippen LogP contribution in [0.15, 0.2) is 24.3 Å². The van der Waals surface area contributed by atoms with Crippen molar-refractivity contribution < 1.29 is 19.4 Å². The first kappa shape index (κ1) is 21.7. The zero-order valence-corrected chi connectivity index (χ0v) is 17.0. The summed E-state index contributed by atoms with van der Waals surface area (Å²) in [7, 11) is 1.43. The number of esters is 1. The van der Waals surface area contributed by atoms with Crippen LogP contribution in [-0.2, 0) is 16.1 Å². The average molecular weight is 379 g/mol. The first-order chi connectivity index (χ1) is 12.8. The van der Waals surface area contributed by atoms with Gasteiger partial charge in [-0.15, -0.1) is 0 Å². The molecule has 1 saturated heterocycles. The number of nitrogens with zero attached hydrogens (tertiary/aromatic N) is 1. The van der Waals surface area contributed by atoms with Gasteiger partial charge in [0, 0.05) is 18.6 Å². The smallest absolute Gasteiger partial charge is 0.308 e. The van der Waals surface area contributed by atoms with Crippen molar-refractivity contribution in [2.24, 2.45) is 5.92 Å². The molecule has 2 rings (SSSR count). The number of piperidine rings is 1. The van der Waals surface area contributed by atoms with E-state index in [0.717, 1.165) is 38.2 Å². The minimum atomic E-state index is -0.554. The molecule has 1 atom stereocenters. The van der Waals surface area contributed by atoms with E-state index < -0.39 is 6.10 Å². The van der Waals surface area contributed by atoms with Crippen molar-refractivity contribution in [2.45, 2.75) is 51.8 Å². The fourth-order valence-electron chi connectivity index (χ4n) is 3.13. The Morgan fingerprint density at radius 3 is 2.44 bits per heavy atom. The molecular formula is C21H34N2O4. The van der Waals surface area contributed by atoms with Crippen LogP contribution in [0.2, 0.25) is 0 Å². The number of benzene rings is 1. The molecule has 1 aliphatic heterocycles. The lowest BCUT2D eigenvalue weighted by molar-refractivity contribution is -0.147. The summed E-state index contributed by atoms with van der Waals surface area (Å²) in [6.45, 7) is 9.65. The van der Waals surface area contributed by atoms with Gasteiger partial charge in [-0.1, -0.05) is 12.1 Å². The number of rotatable bonds is 8. The van der Waals surface area contributed by atoms with Gasteiger partial charge in [0.2, 0.25) is 0 Å². The Bertz CT molecular complexity index is 575. The molecular weight excluding hydrogens is 344 g/mol. The second-order valence-electron chi connectivity index (χ2n) is 8.31. The minimum Gasteiger partial charge on any atom is -0.491 e. The number of carbonyl (C=O) groups excluding carboxylic acids is 1. The SMILES string of the molecule is COC(=O)C1CCN(C[C@@H](O)COc2ccc(CNC(C)(C)C)cc2)CC1. The maximum Gasteiger partial charge on any atom is 0.308 e. The van der Waals surface area contributed by atoms with Crippen LogP contribution >= 0.6 is 0 Å². The van der Waals surface area contributed by atoms with E-state index in [1.165, 1.54) is 12.7 Å². The van der Waals surface area contributed by atoms with Crippen LogP contribution in [0.25, 0.3) is 0 Å². The highest BCUT2D eigenvalue weighted by Crippen LogP contribution is 2.19. The number of β-amino-alcohol motifs (C(OH)–C–C–N with tert-alkyl or cyclic N) is 1. The summed E-state index contributed by atoms with van der Waals surface area (Å²) in [5, 5.41) is 13.7. The molecule has 1 aliphatic rings. The molecule has 1 aromatic carbocycles. The summed E-state index contributed by atoms with van der Waals surface area (Å²) < 4.78 is 10.5. The van der Waals surface area contributed by atoms with Crippen LogP contribution in [0, 0.1) is 5.92 Å². The molecule has 6 heteroatoms. The van der Waals surface area contributed by atoms with Crippen LogP contribution in [0.5, 0.6) is 5.75 Å². The van der Waals surface area contributed by atoms with E-state index in [1.54, 1.807) is 0 Å². The second-order valence-corrected chi connectivity index (χ2v) is 8.31. The molecule has 0 unspecified atom stereocenters. The Morgan fingerprint density at radius 2 is 1.89 bits per heavy atom. The van der Waals surface area contributed by atoms with Crippen molar-refractivity contribution in [3.05, 3.63) is 29.8 Å². The van der Waals surface area contributed by atoms with Gasteiger partial charge in [-0.2, -0.15) is 0 Å². The van der Waals surface area contributed by atoms with Crippen LogP contribution in [-0.4, -0.2) is 61.0 Å². The molecule has 0 aromatic heterocycles. The van der Waals surface area contributed by atoms with Gasteiger partial charge in [-0.25, -0.2) is 0 Å². The Balaban J connectivity index is 1.68. The number of aliphatic hydroxyl groups excluding tert-OH is 1. The topological polar surface area (TPSA) is 71.0 Å². The quantitative estimate of drug-likeness (QED) is 0.676. The summed E-state index contributed by atoms with van der Waals surface area (Å²) >= 11 is 0. The van der Waals surface area contributed by atoms with Crippen molar-refractivity contribution in [1.29, 1.82) is 0 Å². The van der Waals surface area contributed by atoms with Gasteiger partial charge >= 0.3 is 5.97 Å². The molecule has 27 heavy (non-hydrogen) atoms. The molecule has 0 aliphatic carbocycles. The number of aliphatic hydroxyl groups is 1. The fraction of sp³-hybridized carbons (Fsp3) is 0.667. The fourth-order valence-corrected chi connectivity index (χ4v) is 3.13. The molecule has 0 bridgehead atoms. The van der Waals surface area contributed by atoms with Gasteiger partial charge in [0.15, 0.2) is 0 Å². The van der Waals surface area contributed by atoms with Crippen LogP contribution in [0.4, 0.5) is 0 Å². The van der Waals surface area contributed by atoms with Crippen molar-refractivity contribution >= 4 is 5.97 Å². The van der Waals surface area contributed by atoms with Crippen molar-refractivity contribution in [2.75, 3.05) is 33.4 Å². The van der Waals surface area contributed by atoms with Gasteiger partial charge < -0.3 is 24.8 Å². The molecule has 152 valence electrons. The average Bonchev–Trinajstić information content (AvgIpc) is 2.65. The van der Waals surface area contributed by atoms with E-state index in [0.29, 0.717) is 6.54 Å². The Labute approximate surface area is 162 Å². The lowest BCUT2D eigenvalue weighted by Gasteiger charge is -2.31. The van der Waals surface area contributed by atoms with Gasteiger partial charge in [0.05, 0.1) is 13.0 Å². The van der Waals surface area contributed by atoms with E-state index in [-0.39, 0.29) is 24.0 Å². The lowest BCUT2D eigenvalue weighted by Crippen LogP contribution is -2.42. The highest BCUT2D eigenvalue weighted by Gasteiger charge is 2.26. The summed E-state index contributed by atoms with van der Waals surface area (Å²) in [5.74, 6) is 0.628. The Morgan fingerprint density at radius 1 is 1.26 bits per heavy atom. The maximum absolute atomic E-state index is 11.6. The third-order valence-electron chi connectivity index (χ3n) is 4.78. The molecule has 6 nitrogen and oxygen atoms in total. The molecule has 2 N–H and O–H groups in total. The molecule has 0 spiro atoms. The first-order valence-corrected chi connectivity index (χ1v) is 9.72. The normalized spacial score (nSPS) is 17.5. The Kier molecular flexibility index (Phi) is 8.07. The minimum absolute atomic E-state index is 0.00840. The second kappa shape index (κ2) is 10.1. The molecule has 0 saturated carbocycles. The number of hydrogen-bond donors (Lipinski definition) is 2. The number of methoxy groups -OCH3 is 1. The van der Waals surface area contributed by atoms with Crippen LogP contribution in [0.3, 0.4) is 0 Å².